The van der Waals surface area contributed by atoms with E-state index in [-0.39, 0.29) is 116 Å². The number of nitrogens with zero attached hydrogens (tertiary/aromatic N) is 10. The van der Waals surface area contributed by atoms with E-state index in [0.717, 1.165) is 14.7 Å². The van der Waals surface area contributed by atoms with Crippen molar-refractivity contribution < 1.29 is 93.7 Å². The highest BCUT2D eigenvalue weighted by atomic mass is 19.4. The molecule has 0 aromatic rings. The van der Waals surface area contributed by atoms with Gasteiger partial charge in [-0.2, -0.15) is 13.2 Å². The number of methoxy groups -OCH3 is 1. The van der Waals surface area contributed by atoms with Gasteiger partial charge in [0.15, 0.2) is 0 Å². The minimum absolute atomic E-state index is 0.00359. The first-order valence-electron chi connectivity index (χ1n) is 40.1. The summed E-state index contributed by atoms with van der Waals surface area (Å²) in [7, 11) is 12.5. The number of carbonyl (C=O) groups is 12. The zero-order valence-corrected chi connectivity index (χ0v) is 67.0. The molecule has 0 radical (unpaired) electrons. The highest BCUT2D eigenvalue weighted by Crippen LogP contribution is 2.45. The molecule has 0 aromatic heterocycles. The van der Waals surface area contributed by atoms with Gasteiger partial charge in [-0.1, -0.05) is 52.2 Å². The quantitative estimate of drug-likeness (QED) is 0.0990. The summed E-state index contributed by atoms with van der Waals surface area (Å²) in [5, 5.41) is 5.74. The molecule has 8 aliphatic rings. The largest absolute Gasteiger partial charge is 0.394 e. The van der Waals surface area contributed by atoms with Crippen LogP contribution in [-0.4, -0.2) is 314 Å². The van der Waals surface area contributed by atoms with Crippen molar-refractivity contribution in [2.75, 3.05) is 109 Å². The minimum Gasteiger partial charge on any atom is -0.381 e. The fraction of sp³-hybridized carbons (Fsp3) is 0.821. The topological polar surface area (TPSA) is 289 Å². The molecule has 8 rings (SSSR count). The summed E-state index contributed by atoms with van der Waals surface area (Å²) in [5.41, 5.74) is -1.58. The lowest BCUT2D eigenvalue weighted by Gasteiger charge is -2.51. The molecular formula is C78H123F5N12O15. The van der Waals surface area contributed by atoms with Gasteiger partial charge in [-0.3, -0.25) is 57.5 Å². The van der Waals surface area contributed by atoms with Crippen molar-refractivity contribution in [1.29, 1.82) is 0 Å². The second kappa shape index (κ2) is 38.6. The molecule has 3 unspecified atom stereocenters. The molecule has 5 aliphatic carbocycles. The lowest BCUT2D eigenvalue weighted by atomic mass is 9.73. The van der Waals surface area contributed by atoms with E-state index in [1.54, 1.807) is 26.0 Å². The monoisotopic (exact) mass is 1560 g/mol. The predicted molar refractivity (Wildman–Crippen MR) is 395 cm³/mol. The van der Waals surface area contributed by atoms with Gasteiger partial charge in [0.05, 0.1) is 37.7 Å². The van der Waals surface area contributed by atoms with Crippen LogP contribution in [0.5, 0.6) is 0 Å². The van der Waals surface area contributed by atoms with Crippen LogP contribution in [0.3, 0.4) is 0 Å². The molecule has 2 N–H and O–H groups in total. The first-order chi connectivity index (χ1) is 51.9. The predicted octanol–water partition coefficient (Wildman–Crippen LogP) is 5.79. The second-order valence-corrected chi connectivity index (χ2v) is 32.7. The molecule has 2 bridgehead atoms. The van der Waals surface area contributed by atoms with Crippen LogP contribution >= 0.6 is 0 Å². The van der Waals surface area contributed by atoms with Crippen LogP contribution in [0.2, 0.25) is 0 Å². The number of hydrogen-bond acceptors (Lipinski definition) is 15. The van der Waals surface area contributed by atoms with E-state index in [9.17, 15) is 31.5 Å². The number of nitrogens with one attached hydrogen (secondary N) is 2. The van der Waals surface area contributed by atoms with Crippen LogP contribution < -0.4 is 10.6 Å². The van der Waals surface area contributed by atoms with Crippen LogP contribution in [0.4, 0.5) is 22.0 Å². The second-order valence-electron chi connectivity index (χ2n) is 32.7. The number of amides is 12. The van der Waals surface area contributed by atoms with Crippen LogP contribution in [0.15, 0.2) is 12.2 Å². The molecule has 27 nitrogen and oxygen atoms in total. The molecule has 620 valence electrons. The Balaban J connectivity index is 1.22. The van der Waals surface area contributed by atoms with E-state index in [0.29, 0.717) is 57.8 Å². The number of carbonyl (C=O) groups excluding carboxylic acids is 12. The van der Waals surface area contributed by atoms with Crippen molar-refractivity contribution in [2.45, 2.75) is 272 Å². The van der Waals surface area contributed by atoms with Crippen molar-refractivity contribution in [3.8, 4) is 0 Å². The van der Waals surface area contributed by atoms with E-state index < -0.39 is 217 Å². The Morgan fingerprint density at radius 2 is 1.35 bits per heavy atom. The molecule has 12 amide bonds. The SMILES string of the molecule is CCCOC[C@H]1C(=O)N[C@@H]([C@@H](C)CC)C(=O)N(C2CC2)CC(=O)N(C)[C@H]2C/C=C\CCN(C2=O)[C@@H](CC2CCC(F)(F)CC2)C(=O)N(C)CC(=O)N[C@@H](CCC2CCC(C(F)(F)F)C(OC)C2)C(=O)N2C[C@H](OCC)C[C@H]2C(=O)N(C)C2(CCC2)C(=O)N(C)[C@@H](C2CCCC2)C(=O)N(C)[C@H](C(=O)N(C)C)CC(=O)N1C. The maximum atomic E-state index is 15.8. The first-order valence-corrected chi connectivity index (χ1v) is 40.1. The molecule has 3 heterocycles. The lowest BCUT2D eigenvalue weighted by Crippen LogP contribution is -2.68. The van der Waals surface area contributed by atoms with Gasteiger partial charge in [0.1, 0.15) is 60.4 Å². The van der Waals surface area contributed by atoms with E-state index in [1.807, 2.05) is 13.8 Å². The number of fused-ring (bicyclic) bond motifs is 3. The van der Waals surface area contributed by atoms with Gasteiger partial charge in [-0.25, -0.2) is 8.78 Å². The Labute approximate surface area is 645 Å². The average molecular weight is 1560 g/mol. The highest BCUT2D eigenvalue weighted by molar-refractivity contribution is 6.01. The maximum absolute atomic E-state index is 15.8. The summed E-state index contributed by atoms with van der Waals surface area (Å²) >= 11 is 0. The molecule has 2 saturated heterocycles. The molecule has 13 atom stereocenters. The summed E-state index contributed by atoms with van der Waals surface area (Å²) in [4.78, 5) is 196. The van der Waals surface area contributed by atoms with Gasteiger partial charge in [0.2, 0.25) is 76.8 Å². The molecule has 110 heavy (non-hydrogen) atoms. The van der Waals surface area contributed by atoms with Gasteiger partial charge in [-0.05, 0) is 146 Å². The summed E-state index contributed by atoms with van der Waals surface area (Å²) < 4.78 is 90.3. The van der Waals surface area contributed by atoms with E-state index >= 15 is 47.9 Å². The van der Waals surface area contributed by atoms with Crippen molar-refractivity contribution in [3.63, 3.8) is 0 Å². The maximum Gasteiger partial charge on any atom is 0.394 e. The number of hydrogen-bond donors (Lipinski definition) is 2. The number of alkyl halides is 5. The molecule has 7 fully saturated rings. The average Bonchev–Trinajstić information content (AvgIpc) is 0.982. The summed E-state index contributed by atoms with van der Waals surface area (Å²) in [6, 6.07) is -11.4. The minimum atomic E-state index is -4.55. The number of halogens is 5. The zero-order valence-electron chi connectivity index (χ0n) is 67.0. The van der Waals surface area contributed by atoms with Crippen molar-refractivity contribution in [2.24, 2.45) is 29.6 Å². The van der Waals surface area contributed by atoms with Crippen LogP contribution in [0.25, 0.3) is 0 Å². The van der Waals surface area contributed by atoms with Crippen molar-refractivity contribution >= 4 is 70.9 Å². The van der Waals surface area contributed by atoms with Gasteiger partial charge in [-0.15, -0.1) is 0 Å². The smallest absolute Gasteiger partial charge is 0.381 e. The van der Waals surface area contributed by atoms with Crippen LogP contribution in [0, 0.1) is 29.6 Å². The molecule has 32 heteroatoms. The van der Waals surface area contributed by atoms with Crippen LogP contribution in [-0.2, 0) is 71.7 Å². The number of rotatable bonds is 17. The van der Waals surface area contributed by atoms with Crippen molar-refractivity contribution in [1.82, 2.24) is 59.6 Å². The Morgan fingerprint density at radius 1 is 0.673 bits per heavy atom. The standard InChI is InChI=1S/C78H123F5N12O15/c1-14-39-109-47-60-67(99)85-65(48(4)15-2)73(105)94(52-28-29-52)46-64(98)88(8)56-25-18-17-21-38-93(72(56)104)58(40-50-32-36-77(79,80)37-33-50)70(102)87(7)45-62(96)84-55(31-27-49-26-30-54(78(81,82)83)61(41-49)108-13)68(100)95-44-53(110-16-3)42-59(95)71(103)92(12)76(34-22-35-76)75(107)91(11)66(51-23-19-20-24-51)74(106)90(10)57(69(101)86(5)6)43-63(97)89(60)9/h17-18,48-61,65-66H,14-16,19-47H2,1-13H3,(H,84,96)(H,85,99)/b18-17-/t48-,49?,53+,54?,55-,56-,57-,58-,59-,60-,61?,65-,66-/m0/s1. The Hall–Kier alpha value is -7.09. The van der Waals surface area contributed by atoms with Crippen LogP contribution in [0.1, 0.15) is 188 Å². The Bertz CT molecular complexity index is 3290. The van der Waals surface area contributed by atoms with E-state index in [2.05, 4.69) is 10.6 Å². The number of likely N-dealkylation sites (N-methyl/N-ethyl adjacent to an activating group) is 7. The van der Waals surface area contributed by atoms with E-state index in [4.69, 9.17) is 14.2 Å². The Morgan fingerprint density at radius 3 is 1.94 bits per heavy atom. The molecule has 0 aromatic carbocycles. The number of ether oxygens (including phenoxy) is 3. The first kappa shape index (κ1) is 88.5. The molecule has 3 aliphatic heterocycles. The van der Waals surface area contributed by atoms with Gasteiger partial charge < -0.3 is 73.8 Å². The normalized spacial score (nSPS) is 30.8. The summed E-state index contributed by atoms with van der Waals surface area (Å²) in [6.45, 7) is 5.57. The third kappa shape index (κ3) is 21.0. The third-order valence-electron chi connectivity index (χ3n) is 25.1. The zero-order chi connectivity index (χ0) is 81.0. The van der Waals surface area contributed by atoms with E-state index in [1.165, 1.54) is 97.8 Å². The summed E-state index contributed by atoms with van der Waals surface area (Å²) in [6.07, 6.45) is 0.183. The molecule has 5 saturated carbocycles. The Kier molecular flexibility index (Phi) is 31.1. The van der Waals surface area contributed by atoms with Crippen molar-refractivity contribution in [3.05, 3.63) is 12.2 Å². The van der Waals surface area contributed by atoms with Gasteiger partial charge >= 0.3 is 6.18 Å². The highest BCUT2D eigenvalue weighted by Gasteiger charge is 2.57. The lowest BCUT2D eigenvalue weighted by molar-refractivity contribution is -0.215. The molecule has 1 spiro atoms. The van der Waals surface area contributed by atoms with Gasteiger partial charge in [0, 0.05) is 115 Å². The fourth-order valence-corrected chi connectivity index (χ4v) is 17.6. The third-order valence-corrected chi connectivity index (χ3v) is 25.1. The summed E-state index contributed by atoms with van der Waals surface area (Å²) in [5.74, 6) is -15.2. The fourth-order valence-electron chi connectivity index (χ4n) is 17.6. The van der Waals surface area contributed by atoms with Gasteiger partial charge in [0.25, 0.3) is 0 Å². The molecular weight excluding hydrogens is 1440 g/mol.